The summed E-state index contributed by atoms with van der Waals surface area (Å²) in [6.45, 7) is 4.90. The van der Waals surface area contributed by atoms with Crippen molar-refractivity contribution in [2.24, 2.45) is 5.92 Å². The minimum Gasteiger partial charge on any atom is -0.371 e. The van der Waals surface area contributed by atoms with Crippen LogP contribution < -0.4 is 10.2 Å². The van der Waals surface area contributed by atoms with Crippen LogP contribution in [0.15, 0.2) is 6.07 Å². The summed E-state index contributed by atoms with van der Waals surface area (Å²) in [5.74, 6) is -1.08. The van der Waals surface area contributed by atoms with Crippen molar-refractivity contribution in [2.45, 2.75) is 20.3 Å². The average molecular weight is 268 g/mol. The minimum atomic E-state index is -0.728. The largest absolute Gasteiger partial charge is 0.371 e. The predicted octanol–water partition coefficient (Wildman–Crippen LogP) is 2.78. The van der Waals surface area contributed by atoms with Gasteiger partial charge in [-0.15, -0.1) is 0 Å². The quantitative estimate of drug-likeness (QED) is 0.862. The molecule has 1 N–H and O–H groups in total. The van der Waals surface area contributed by atoms with Gasteiger partial charge in [0.2, 0.25) is 0 Å². The van der Waals surface area contributed by atoms with Gasteiger partial charge in [-0.25, -0.2) is 13.8 Å². The third-order valence-electron chi connectivity index (χ3n) is 2.53. The van der Waals surface area contributed by atoms with Crippen LogP contribution in [0.4, 0.5) is 20.4 Å². The first-order valence-electron chi connectivity index (χ1n) is 6.15. The zero-order chi connectivity index (χ0) is 14.4. The van der Waals surface area contributed by atoms with Gasteiger partial charge >= 0.3 is 0 Å². The first-order valence-corrected chi connectivity index (χ1v) is 6.15. The Bertz CT molecular complexity index is 468. The van der Waals surface area contributed by atoms with Crippen LogP contribution in [0.2, 0.25) is 0 Å². The third-order valence-corrected chi connectivity index (χ3v) is 2.53. The van der Waals surface area contributed by atoms with Crippen molar-refractivity contribution in [1.82, 2.24) is 4.98 Å². The van der Waals surface area contributed by atoms with Crippen LogP contribution in [0.25, 0.3) is 0 Å². The fourth-order valence-electron chi connectivity index (χ4n) is 1.76. The van der Waals surface area contributed by atoms with E-state index >= 15 is 0 Å². The van der Waals surface area contributed by atoms with Gasteiger partial charge in [0, 0.05) is 26.2 Å². The van der Waals surface area contributed by atoms with E-state index < -0.39 is 11.6 Å². The molecule has 0 radical (unpaired) electrons. The molecule has 0 spiro atoms. The van der Waals surface area contributed by atoms with Gasteiger partial charge < -0.3 is 10.2 Å². The van der Waals surface area contributed by atoms with Crippen LogP contribution in [0.1, 0.15) is 20.3 Å². The van der Waals surface area contributed by atoms with E-state index in [2.05, 4.69) is 10.3 Å². The Hall–Kier alpha value is -1.90. The van der Waals surface area contributed by atoms with Gasteiger partial charge in [-0.1, -0.05) is 13.8 Å². The van der Waals surface area contributed by atoms with E-state index in [1.165, 1.54) is 7.05 Å². The molecule has 0 unspecified atom stereocenters. The van der Waals surface area contributed by atoms with Gasteiger partial charge in [-0.3, -0.25) is 0 Å². The van der Waals surface area contributed by atoms with E-state index in [-0.39, 0.29) is 24.0 Å². The lowest BCUT2D eigenvalue weighted by molar-refractivity contribution is 0.554. The van der Waals surface area contributed by atoms with Crippen molar-refractivity contribution in [3.63, 3.8) is 0 Å². The molecule has 6 heteroatoms. The first-order chi connectivity index (χ1) is 8.99. The summed E-state index contributed by atoms with van der Waals surface area (Å²) >= 11 is 0. The summed E-state index contributed by atoms with van der Waals surface area (Å²) in [4.78, 5) is 5.62. The standard InChI is InChI=1S/C13H18F2N4/c1-9(2)8-19(6-4-5-16)13-11(15)7-10(14)12(17-3)18-13/h7,9H,4,6,8H2,1-3H3,(H,17,18). The monoisotopic (exact) mass is 268 g/mol. The maximum atomic E-state index is 13.8. The van der Waals surface area contributed by atoms with Gasteiger partial charge in [-0.05, 0) is 5.92 Å². The molecule has 1 rings (SSSR count). The lowest BCUT2D eigenvalue weighted by Gasteiger charge is -2.25. The second kappa shape index (κ2) is 6.88. The van der Waals surface area contributed by atoms with E-state index in [4.69, 9.17) is 5.26 Å². The number of halogens is 2. The Balaban J connectivity index is 3.10. The Morgan fingerprint density at radius 2 is 2.11 bits per heavy atom. The second-order valence-electron chi connectivity index (χ2n) is 4.62. The molecular weight excluding hydrogens is 250 g/mol. The number of hydrogen-bond donors (Lipinski definition) is 1. The molecule has 104 valence electrons. The smallest absolute Gasteiger partial charge is 0.168 e. The number of nitriles is 1. The molecule has 0 aliphatic rings. The Kier molecular flexibility index (Phi) is 5.49. The molecule has 0 bridgehead atoms. The van der Waals surface area contributed by atoms with Crippen LogP contribution in [-0.2, 0) is 0 Å². The first kappa shape index (κ1) is 15.2. The number of nitrogens with one attached hydrogen (secondary N) is 1. The van der Waals surface area contributed by atoms with Crippen LogP contribution in [-0.4, -0.2) is 25.1 Å². The molecular formula is C13H18F2N4. The lowest BCUT2D eigenvalue weighted by Crippen LogP contribution is -2.30. The zero-order valence-corrected chi connectivity index (χ0v) is 11.4. The maximum Gasteiger partial charge on any atom is 0.168 e. The third kappa shape index (κ3) is 4.05. The minimum absolute atomic E-state index is 0.00196. The number of aromatic nitrogens is 1. The molecule has 1 aromatic rings. The van der Waals surface area contributed by atoms with Crippen molar-refractivity contribution in [3.8, 4) is 6.07 Å². The van der Waals surface area contributed by atoms with Gasteiger partial charge in [0.1, 0.15) is 0 Å². The number of rotatable bonds is 6. The topological polar surface area (TPSA) is 52.0 Å². The molecule has 0 fully saturated rings. The second-order valence-corrected chi connectivity index (χ2v) is 4.62. The molecule has 1 aromatic heterocycles. The van der Waals surface area contributed by atoms with E-state index in [0.717, 1.165) is 6.07 Å². The van der Waals surface area contributed by atoms with Crippen molar-refractivity contribution in [2.75, 3.05) is 30.4 Å². The molecule has 0 saturated heterocycles. The Morgan fingerprint density at radius 3 is 2.63 bits per heavy atom. The van der Waals surface area contributed by atoms with Crippen LogP contribution in [0.5, 0.6) is 0 Å². The molecule has 0 aromatic carbocycles. The van der Waals surface area contributed by atoms with E-state index in [9.17, 15) is 8.78 Å². The molecule has 1 heterocycles. The van der Waals surface area contributed by atoms with Crippen molar-refractivity contribution >= 4 is 11.6 Å². The Labute approximate surface area is 112 Å². The molecule has 0 saturated carbocycles. The number of nitrogens with zero attached hydrogens (tertiary/aromatic N) is 3. The van der Waals surface area contributed by atoms with Crippen LogP contribution in [0, 0.1) is 28.9 Å². The maximum absolute atomic E-state index is 13.8. The van der Waals surface area contributed by atoms with Gasteiger partial charge in [0.05, 0.1) is 12.5 Å². The summed E-state index contributed by atoms with van der Waals surface area (Å²) in [6, 6.07) is 2.83. The molecule has 0 amide bonds. The number of pyridine rings is 1. The van der Waals surface area contributed by atoms with Crippen molar-refractivity contribution in [1.29, 1.82) is 5.26 Å². The molecule has 19 heavy (non-hydrogen) atoms. The van der Waals surface area contributed by atoms with Gasteiger partial charge in [-0.2, -0.15) is 5.26 Å². The summed E-state index contributed by atoms with van der Waals surface area (Å²) in [5, 5.41) is 11.2. The highest BCUT2D eigenvalue weighted by molar-refractivity contribution is 5.49. The van der Waals surface area contributed by atoms with Gasteiger partial charge in [0.15, 0.2) is 23.3 Å². The molecule has 0 atom stereocenters. The van der Waals surface area contributed by atoms with E-state index in [1.807, 2.05) is 19.9 Å². The van der Waals surface area contributed by atoms with Crippen LogP contribution >= 0.6 is 0 Å². The van der Waals surface area contributed by atoms with E-state index in [0.29, 0.717) is 13.1 Å². The summed E-state index contributed by atoms with van der Waals surface area (Å²) in [6.07, 6.45) is 0.264. The fourth-order valence-corrected chi connectivity index (χ4v) is 1.76. The predicted molar refractivity (Wildman–Crippen MR) is 71.0 cm³/mol. The molecule has 0 aliphatic carbocycles. The normalized spacial score (nSPS) is 10.4. The number of anilines is 2. The van der Waals surface area contributed by atoms with Gasteiger partial charge in [0.25, 0.3) is 0 Å². The average Bonchev–Trinajstić information content (AvgIpc) is 2.34. The Morgan fingerprint density at radius 1 is 1.42 bits per heavy atom. The highest BCUT2D eigenvalue weighted by Crippen LogP contribution is 2.23. The summed E-state index contributed by atoms with van der Waals surface area (Å²) < 4.78 is 27.2. The highest BCUT2D eigenvalue weighted by Gasteiger charge is 2.17. The zero-order valence-electron chi connectivity index (χ0n) is 11.4. The lowest BCUT2D eigenvalue weighted by atomic mass is 10.2. The van der Waals surface area contributed by atoms with Crippen molar-refractivity contribution in [3.05, 3.63) is 17.7 Å². The SMILES string of the molecule is CNc1nc(N(CCC#N)CC(C)C)c(F)cc1F. The number of hydrogen-bond acceptors (Lipinski definition) is 4. The summed E-state index contributed by atoms with van der Waals surface area (Å²) in [5.41, 5.74) is 0. The fraction of sp³-hybridized carbons (Fsp3) is 0.538. The highest BCUT2D eigenvalue weighted by atomic mass is 19.1. The van der Waals surface area contributed by atoms with Crippen molar-refractivity contribution < 1.29 is 8.78 Å². The summed E-state index contributed by atoms with van der Waals surface area (Å²) in [7, 11) is 1.52. The molecule has 0 aliphatic heterocycles. The van der Waals surface area contributed by atoms with Crippen LogP contribution in [0.3, 0.4) is 0 Å². The van der Waals surface area contributed by atoms with E-state index in [1.54, 1.807) is 4.90 Å². The molecule has 4 nitrogen and oxygen atoms in total.